The van der Waals surface area contributed by atoms with Gasteiger partial charge in [-0.05, 0) is 66.6 Å². The van der Waals surface area contributed by atoms with Crippen molar-refractivity contribution in [3.8, 4) is 0 Å². The summed E-state index contributed by atoms with van der Waals surface area (Å²) in [7, 11) is 0. The predicted octanol–water partition coefficient (Wildman–Crippen LogP) is 8.29. The van der Waals surface area contributed by atoms with E-state index in [0.717, 1.165) is 18.3 Å². The quantitative estimate of drug-likeness (QED) is 0.279. The van der Waals surface area contributed by atoms with E-state index in [0.29, 0.717) is 29.1 Å². The van der Waals surface area contributed by atoms with E-state index in [4.69, 9.17) is 0 Å². The zero-order chi connectivity index (χ0) is 16.6. The van der Waals surface area contributed by atoms with Crippen molar-refractivity contribution in [3.05, 3.63) is 91.0 Å². The molecule has 0 aromatic heterocycles. The standard InChI is InChI=1S/C24H32.4CH3.Zr/c1-3-4-17-24(2,18-11-5-6-12-18)23-21-15-9-7-13-19(21)20-14-8-10-16-22(20)23;;;;;/h3,7-10,13-16,18-23H,1,4-6,11-12,17H2,2H3;4*1H3;/q;4*-1;+4/t19?,20?,21?,22?,23?,24-;;;;;/m1...../s1. The fraction of sp³-hybridized carbons (Fsp3) is 0.500. The van der Waals surface area contributed by atoms with Crippen molar-refractivity contribution in [1.82, 2.24) is 0 Å². The van der Waals surface area contributed by atoms with Crippen molar-refractivity contribution < 1.29 is 26.2 Å². The maximum Gasteiger partial charge on any atom is 4.00 e. The van der Waals surface area contributed by atoms with E-state index >= 15 is 0 Å². The van der Waals surface area contributed by atoms with Crippen LogP contribution in [0.3, 0.4) is 0 Å². The summed E-state index contributed by atoms with van der Waals surface area (Å²) in [5.41, 5.74) is 0.443. The molecule has 5 atom stereocenters. The van der Waals surface area contributed by atoms with Gasteiger partial charge in [0.1, 0.15) is 0 Å². The Morgan fingerprint density at radius 1 is 0.793 bits per heavy atom. The molecule has 4 aliphatic carbocycles. The Kier molecular flexibility index (Phi) is 13.9. The summed E-state index contributed by atoms with van der Waals surface area (Å²) in [6.45, 7) is 6.66. The molecular weight excluding hydrogens is 428 g/mol. The van der Waals surface area contributed by atoms with Crippen LogP contribution in [0.2, 0.25) is 0 Å². The number of fused-ring (bicyclic) bond motifs is 3. The Balaban J connectivity index is 0. The normalized spacial score (nSPS) is 32.8. The van der Waals surface area contributed by atoms with E-state index in [2.05, 4.69) is 68.2 Å². The van der Waals surface area contributed by atoms with Gasteiger partial charge in [0.25, 0.3) is 0 Å². The molecule has 0 spiro atoms. The van der Waals surface area contributed by atoms with Gasteiger partial charge in [-0.2, -0.15) is 0 Å². The zero-order valence-corrected chi connectivity index (χ0v) is 22.1. The second kappa shape index (κ2) is 13.1. The van der Waals surface area contributed by atoms with E-state index in [-0.39, 0.29) is 55.9 Å². The second-order valence-corrected chi connectivity index (χ2v) is 8.69. The van der Waals surface area contributed by atoms with Crippen LogP contribution in [-0.2, 0) is 26.2 Å². The molecule has 1 heteroatoms. The topological polar surface area (TPSA) is 0 Å². The van der Waals surface area contributed by atoms with Gasteiger partial charge in [0, 0.05) is 0 Å². The van der Waals surface area contributed by atoms with Crippen LogP contribution in [0.4, 0.5) is 0 Å². The van der Waals surface area contributed by atoms with Crippen LogP contribution in [0, 0.1) is 70.6 Å². The first kappa shape index (κ1) is 30.8. The minimum Gasteiger partial charge on any atom is -0.358 e. The number of hydrogen-bond donors (Lipinski definition) is 0. The maximum absolute atomic E-state index is 4.03. The average Bonchev–Trinajstić information content (AvgIpc) is 3.26. The van der Waals surface area contributed by atoms with Gasteiger partial charge in [-0.3, -0.25) is 0 Å². The molecule has 0 aromatic rings. The molecule has 4 rings (SSSR count). The summed E-state index contributed by atoms with van der Waals surface area (Å²) in [6.07, 6.45) is 29.6. The fourth-order valence-corrected chi connectivity index (χ4v) is 6.55. The third-order valence-electron chi connectivity index (χ3n) is 7.65. The Morgan fingerprint density at radius 3 is 1.62 bits per heavy atom. The third-order valence-corrected chi connectivity index (χ3v) is 7.65. The van der Waals surface area contributed by atoms with Crippen LogP contribution in [-0.4, -0.2) is 0 Å². The molecule has 0 N–H and O–H groups in total. The molecule has 0 amide bonds. The predicted molar refractivity (Wildman–Crippen MR) is 129 cm³/mol. The van der Waals surface area contributed by atoms with E-state index in [1.165, 1.54) is 32.1 Å². The molecular formula is C28H44Zr. The van der Waals surface area contributed by atoms with Crippen molar-refractivity contribution in [3.63, 3.8) is 0 Å². The van der Waals surface area contributed by atoms with E-state index in [1.54, 1.807) is 0 Å². The van der Waals surface area contributed by atoms with E-state index in [9.17, 15) is 0 Å². The molecule has 0 aromatic carbocycles. The molecule has 4 aliphatic rings. The molecule has 2 fully saturated rings. The van der Waals surface area contributed by atoms with Gasteiger partial charge >= 0.3 is 26.2 Å². The van der Waals surface area contributed by atoms with Crippen LogP contribution in [0.5, 0.6) is 0 Å². The second-order valence-electron chi connectivity index (χ2n) is 8.69. The van der Waals surface area contributed by atoms with Crippen molar-refractivity contribution in [1.29, 1.82) is 0 Å². The maximum atomic E-state index is 4.03. The Bertz CT molecular complexity index is 555. The minimum absolute atomic E-state index is 0. The molecule has 0 heterocycles. The van der Waals surface area contributed by atoms with Gasteiger partial charge in [0.05, 0.1) is 0 Å². The summed E-state index contributed by atoms with van der Waals surface area (Å²) >= 11 is 0. The molecule has 0 radical (unpaired) electrons. The van der Waals surface area contributed by atoms with Gasteiger partial charge < -0.3 is 29.7 Å². The first-order valence-corrected chi connectivity index (χ1v) is 10.1. The van der Waals surface area contributed by atoms with Crippen LogP contribution in [0.1, 0.15) is 45.4 Å². The first-order valence-electron chi connectivity index (χ1n) is 10.1. The van der Waals surface area contributed by atoms with Gasteiger partial charge in [0.15, 0.2) is 0 Å². The van der Waals surface area contributed by atoms with Gasteiger partial charge in [-0.15, -0.1) is 6.58 Å². The van der Waals surface area contributed by atoms with Gasteiger partial charge in [-0.1, -0.05) is 74.4 Å². The number of allylic oxidation sites excluding steroid dienone is 9. The van der Waals surface area contributed by atoms with Crippen molar-refractivity contribution in [2.45, 2.75) is 45.4 Å². The van der Waals surface area contributed by atoms with E-state index in [1.807, 2.05) is 0 Å². The SMILES string of the molecule is C=CCC[C@](C)(C1CCCC1)C1C2C=CC=CC2C2C=CC=CC21.[CH3-].[CH3-].[CH3-].[CH3-].[Zr+4]. The molecule has 0 bridgehead atoms. The molecule has 29 heavy (non-hydrogen) atoms. The number of rotatable bonds is 5. The summed E-state index contributed by atoms with van der Waals surface area (Å²) in [5.74, 6) is 4.52. The largest absolute Gasteiger partial charge is 4.00 e. The molecule has 0 saturated heterocycles. The van der Waals surface area contributed by atoms with E-state index < -0.39 is 0 Å². The summed E-state index contributed by atoms with van der Waals surface area (Å²) < 4.78 is 0. The van der Waals surface area contributed by atoms with Crippen molar-refractivity contribution >= 4 is 0 Å². The Hall–Kier alpha value is -0.417. The number of hydrogen-bond acceptors (Lipinski definition) is 0. The molecule has 160 valence electrons. The summed E-state index contributed by atoms with van der Waals surface area (Å²) in [5, 5.41) is 0. The van der Waals surface area contributed by atoms with Crippen LogP contribution < -0.4 is 0 Å². The molecule has 2 saturated carbocycles. The fourth-order valence-electron chi connectivity index (χ4n) is 6.55. The summed E-state index contributed by atoms with van der Waals surface area (Å²) in [4.78, 5) is 0. The zero-order valence-electron chi connectivity index (χ0n) is 19.6. The van der Waals surface area contributed by atoms with Crippen LogP contribution >= 0.6 is 0 Å². The Labute approximate surface area is 202 Å². The van der Waals surface area contributed by atoms with Crippen LogP contribution in [0.25, 0.3) is 0 Å². The average molecular weight is 472 g/mol. The van der Waals surface area contributed by atoms with Crippen molar-refractivity contribution in [2.75, 3.05) is 0 Å². The smallest absolute Gasteiger partial charge is 0.358 e. The molecule has 0 nitrogen and oxygen atoms in total. The van der Waals surface area contributed by atoms with Gasteiger partial charge in [-0.25, -0.2) is 0 Å². The van der Waals surface area contributed by atoms with Crippen molar-refractivity contribution in [2.24, 2.45) is 40.9 Å². The molecule has 4 unspecified atom stereocenters. The monoisotopic (exact) mass is 470 g/mol. The minimum atomic E-state index is 0. The summed E-state index contributed by atoms with van der Waals surface area (Å²) in [6, 6.07) is 0. The third kappa shape index (κ3) is 5.44. The van der Waals surface area contributed by atoms with Gasteiger partial charge in [0.2, 0.25) is 0 Å². The molecule has 0 aliphatic heterocycles. The van der Waals surface area contributed by atoms with Crippen LogP contribution in [0.15, 0.2) is 61.3 Å². The Morgan fingerprint density at radius 2 is 1.21 bits per heavy atom. The first-order chi connectivity index (χ1) is 11.8.